The molecule has 0 spiro atoms. The lowest BCUT2D eigenvalue weighted by atomic mass is 10.1. The largest absolute Gasteiger partial charge is 0.486 e. The van der Waals surface area contributed by atoms with Crippen molar-refractivity contribution in [3.05, 3.63) is 59.8 Å². The molecule has 1 N–H and O–H groups in total. The van der Waals surface area contributed by atoms with Crippen LogP contribution in [0.3, 0.4) is 0 Å². The van der Waals surface area contributed by atoms with E-state index in [1.54, 1.807) is 31.3 Å². The third-order valence-corrected chi connectivity index (χ3v) is 4.29. The number of hydrogen-bond acceptors (Lipinski definition) is 5. The lowest BCUT2D eigenvalue weighted by Crippen LogP contribution is -2.24. The standard InChI is InChI=1S/C20H17NO5/c1-12(19(22)15-11-21-16-5-3-2-4-14(15)16)26-20(23)13-6-7-17-18(10-13)25-9-8-24-17/h2-7,10-12,21H,8-9H2,1H3. The number of nitrogens with one attached hydrogen (secondary N) is 1. The Morgan fingerprint density at radius 3 is 2.69 bits per heavy atom. The van der Waals surface area contributed by atoms with Crippen LogP contribution in [0.4, 0.5) is 0 Å². The minimum absolute atomic E-state index is 0.256. The van der Waals surface area contributed by atoms with Crippen LogP contribution in [0.2, 0.25) is 0 Å². The van der Waals surface area contributed by atoms with E-state index >= 15 is 0 Å². The third kappa shape index (κ3) is 2.90. The Morgan fingerprint density at radius 1 is 1.08 bits per heavy atom. The summed E-state index contributed by atoms with van der Waals surface area (Å²) in [5.41, 5.74) is 1.68. The monoisotopic (exact) mass is 351 g/mol. The van der Waals surface area contributed by atoms with E-state index in [1.807, 2.05) is 24.3 Å². The number of aromatic nitrogens is 1. The summed E-state index contributed by atoms with van der Waals surface area (Å²) in [6.07, 6.45) is 0.733. The molecule has 1 aliphatic heterocycles. The van der Waals surface area contributed by atoms with Gasteiger partial charge in [-0.1, -0.05) is 18.2 Å². The molecule has 4 rings (SSSR count). The van der Waals surface area contributed by atoms with Crippen molar-refractivity contribution < 1.29 is 23.8 Å². The molecule has 1 atom stereocenters. The normalized spacial score (nSPS) is 14.0. The highest BCUT2D eigenvalue weighted by molar-refractivity contribution is 6.10. The maximum Gasteiger partial charge on any atom is 0.338 e. The fourth-order valence-corrected chi connectivity index (χ4v) is 2.95. The average molecular weight is 351 g/mol. The molecule has 0 saturated heterocycles. The topological polar surface area (TPSA) is 77.6 Å². The Bertz CT molecular complexity index is 991. The zero-order valence-corrected chi connectivity index (χ0v) is 14.2. The zero-order valence-electron chi connectivity index (χ0n) is 14.2. The quantitative estimate of drug-likeness (QED) is 0.576. The van der Waals surface area contributed by atoms with Crippen molar-refractivity contribution in [2.45, 2.75) is 13.0 Å². The number of aromatic amines is 1. The van der Waals surface area contributed by atoms with Crippen LogP contribution < -0.4 is 9.47 Å². The number of hydrogen-bond donors (Lipinski definition) is 1. The van der Waals surface area contributed by atoms with Gasteiger partial charge in [-0.25, -0.2) is 4.79 Å². The van der Waals surface area contributed by atoms with E-state index < -0.39 is 12.1 Å². The maximum absolute atomic E-state index is 12.7. The summed E-state index contributed by atoms with van der Waals surface area (Å²) >= 11 is 0. The van der Waals surface area contributed by atoms with Gasteiger partial charge in [0.2, 0.25) is 5.78 Å². The Kier molecular flexibility index (Phi) is 4.08. The Balaban J connectivity index is 1.51. The van der Waals surface area contributed by atoms with E-state index in [4.69, 9.17) is 14.2 Å². The minimum atomic E-state index is -0.907. The van der Waals surface area contributed by atoms with Gasteiger partial charge in [-0.05, 0) is 31.2 Å². The molecule has 2 aromatic carbocycles. The minimum Gasteiger partial charge on any atom is -0.486 e. The van der Waals surface area contributed by atoms with E-state index in [2.05, 4.69) is 4.98 Å². The van der Waals surface area contributed by atoms with Crippen LogP contribution in [-0.2, 0) is 4.74 Å². The van der Waals surface area contributed by atoms with Gasteiger partial charge in [0.1, 0.15) is 13.2 Å². The summed E-state index contributed by atoms with van der Waals surface area (Å²) in [5.74, 6) is 0.257. The molecule has 6 heteroatoms. The molecule has 26 heavy (non-hydrogen) atoms. The van der Waals surface area contributed by atoms with Gasteiger partial charge >= 0.3 is 5.97 Å². The van der Waals surface area contributed by atoms with E-state index in [-0.39, 0.29) is 5.78 Å². The van der Waals surface area contributed by atoms with Gasteiger partial charge in [0.25, 0.3) is 0 Å². The number of fused-ring (bicyclic) bond motifs is 2. The highest BCUT2D eigenvalue weighted by Crippen LogP contribution is 2.31. The number of esters is 1. The van der Waals surface area contributed by atoms with Gasteiger partial charge < -0.3 is 19.2 Å². The first-order valence-corrected chi connectivity index (χ1v) is 8.34. The molecule has 0 radical (unpaired) electrons. The Morgan fingerprint density at radius 2 is 1.85 bits per heavy atom. The van der Waals surface area contributed by atoms with Crippen molar-refractivity contribution in [3.8, 4) is 11.5 Å². The van der Waals surface area contributed by atoms with Gasteiger partial charge in [0.15, 0.2) is 17.6 Å². The fraction of sp³-hybridized carbons (Fsp3) is 0.200. The molecule has 6 nitrogen and oxygen atoms in total. The predicted molar refractivity (Wildman–Crippen MR) is 94.9 cm³/mol. The fourth-order valence-electron chi connectivity index (χ4n) is 2.95. The Labute approximate surface area is 149 Å². The van der Waals surface area contributed by atoms with Crippen molar-refractivity contribution in [1.82, 2.24) is 4.98 Å². The van der Waals surface area contributed by atoms with Crippen molar-refractivity contribution in [2.24, 2.45) is 0 Å². The number of ketones is 1. The smallest absolute Gasteiger partial charge is 0.338 e. The number of H-pyrrole nitrogens is 1. The molecule has 3 aromatic rings. The summed E-state index contributed by atoms with van der Waals surface area (Å²) in [6, 6.07) is 12.3. The molecule has 0 saturated carbocycles. The average Bonchev–Trinajstić information content (AvgIpc) is 3.11. The van der Waals surface area contributed by atoms with Crippen molar-refractivity contribution in [1.29, 1.82) is 0 Å². The van der Waals surface area contributed by atoms with E-state index in [0.717, 1.165) is 10.9 Å². The van der Waals surface area contributed by atoms with E-state index in [1.165, 1.54) is 0 Å². The van der Waals surface area contributed by atoms with Gasteiger partial charge in [0.05, 0.1) is 5.56 Å². The van der Waals surface area contributed by atoms with E-state index in [0.29, 0.717) is 35.8 Å². The number of benzene rings is 2. The number of Topliss-reactive ketones (excluding diaryl/α,β-unsaturated/α-hetero) is 1. The molecule has 0 amide bonds. The van der Waals surface area contributed by atoms with Crippen LogP contribution in [0.1, 0.15) is 27.6 Å². The van der Waals surface area contributed by atoms with Gasteiger partial charge in [-0.2, -0.15) is 0 Å². The van der Waals surface area contributed by atoms with Crippen molar-refractivity contribution >= 4 is 22.7 Å². The van der Waals surface area contributed by atoms with Crippen LogP contribution in [0.25, 0.3) is 10.9 Å². The molecule has 2 heterocycles. The summed E-state index contributed by atoms with van der Waals surface area (Å²) in [4.78, 5) is 28.1. The molecule has 0 fully saturated rings. The molecule has 0 bridgehead atoms. The molecular formula is C20H17NO5. The molecular weight excluding hydrogens is 334 g/mol. The highest BCUT2D eigenvalue weighted by atomic mass is 16.6. The maximum atomic E-state index is 12.7. The number of para-hydroxylation sites is 1. The van der Waals surface area contributed by atoms with Gasteiger partial charge in [0, 0.05) is 22.7 Å². The predicted octanol–water partition coefficient (Wildman–Crippen LogP) is 3.37. The summed E-state index contributed by atoms with van der Waals surface area (Å²) in [6.45, 7) is 2.48. The lowest BCUT2D eigenvalue weighted by molar-refractivity contribution is 0.0318. The Hall–Kier alpha value is -3.28. The summed E-state index contributed by atoms with van der Waals surface area (Å²) in [7, 11) is 0. The number of carbonyl (C=O) groups is 2. The number of rotatable bonds is 4. The van der Waals surface area contributed by atoms with E-state index in [9.17, 15) is 9.59 Å². The summed E-state index contributed by atoms with van der Waals surface area (Å²) < 4.78 is 16.3. The molecule has 132 valence electrons. The third-order valence-electron chi connectivity index (χ3n) is 4.29. The van der Waals surface area contributed by atoms with Crippen molar-refractivity contribution in [2.75, 3.05) is 13.2 Å². The molecule has 1 unspecified atom stereocenters. The van der Waals surface area contributed by atoms with Gasteiger partial charge in [-0.15, -0.1) is 0 Å². The highest BCUT2D eigenvalue weighted by Gasteiger charge is 2.24. The molecule has 1 aromatic heterocycles. The van der Waals surface area contributed by atoms with Crippen LogP contribution in [0.5, 0.6) is 11.5 Å². The number of ether oxygens (including phenoxy) is 3. The first-order chi connectivity index (χ1) is 12.6. The van der Waals surface area contributed by atoms with Crippen LogP contribution in [0.15, 0.2) is 48.7 Å². The van der Waals surface area contributed by atoms with Gasteiger partial charge in [-0.3, -0.25) is 4.79 Å². The number of carbonyl (C=O) groups excluding carboxylic acids is 2. The summed E-state index contributed by atoms with van der Waals surface area (Å²) in [5, 5.41) is 0.805. The van der Waals surface area contributed by atoms with Crippen molar-refractivity contribution in [3.63, 3.8) is 0 Å². The zero-order chi connectivity index (χ0) is 18.1. The van der Waals surface area contributed by atoms with Crippen LogP contribution in [-0.4, -0.2) is 36.1 Å². The lowest BCUT2D eigenvalue weighted by Gasteiger charge is -2.19. The van der Waals surface area contributed by atoms with Crippen LogP contribution >= 0.6 is 0 Å². The molecule has 0 aliphatic carbocycles. The first-order valence-electron chi connectivity index (χ1n) is 8.34. The second-order valence-corrected chi connectivity index (χ2v) is 6.02. The first kappa shape index (κ1) is 16.2. The second kappa shape index (κ2) is 6.55. The SMILES string of the molecule is CC(OC(=O)c1ccc2c(c1)OCCO2)C(=O)c1c[nH]c2ccccc12. The van der Waals surface area contributed by atoms with Crippen LogP contribution in [0, 0.1) is 0 Å². The molecule has 1 aliphatic rings. The second-order valence-electron chi connectivity index (χ2n) is 6.02.